The van der Waals surface area contributed by atoms with Gasteiger partial charge in [0.1, 0.15) is 31.7 Å². The van der Waals surface area contributed by atoms with Crippen LogP contribution in [0.2, 0.25) is 0 Å². The third kappa shape index (κ3) is 2.68. The highest BCUT2D eigenvalue weighted by Crippen LogP contribution is 2.16. The van der Waals surface area contributed by atoms with Gasteiger partial charge in [-0.25, -0.2) is 0 Å². The zero-order valence-corrected chi connectivity index (χ0v) is 9.95. The first-order chi connectivity index (χ1) is 8.22. The number of furan rings is 1. The van der Waals surface area contributed by atoms with Gasteiger partial charge in [-0.2, -0.15) is 0 Å². The summed E-state index contributed by atoms with van der Waals surface area (Å²) in [6.07, 6.45) is 2.00. The number of hydrogen-bond acceptors (Lipinski definition) is 4. The van der Waals surface area contributed by atoms with Crippen LogP contribution in [-0.2, 0) is 17.7 Å². The molecule has 0 bridgehead atoms. The van der Waals surface area contributed by atoms with Crippen LogP contribution in [0.15, 0.2) is 10.7 Å². The zero-order valence-electron chi connectivity index (χ0n) is 9.95. The van der Waals surface area contributed by atoms with Crippen molar-refractivity contribution in [3.05, 3.63) is 23.2 Å². The largest absolute Gasteiger partial charge is 0.545 e. The van der Waals surface area contributed by atoms with E-state index in [4.69, 9.17) is 9.15 Å². The Hall–Kier alpha value is -1.33. The SMILES string of the molecule is CCc1occ(C(=O)[O-])c1C[NH+]1CCOCC1. The lowest BCUT2D eigenvalue weighted by Gasteiger charge is -2.24. The second kappa shape index (κ2) is 5.33. The third-order valence-electron chi connectivity index (χ3n) is 3.15. The topological polar surface area (TPSA) is 66.9 Å². The molecule has 1 saturated heterocycles. The third-order valence-corrected chi connectivity index (χ3v) is 3.15. The van der Waals surface area contributed by atoms with E-state index in [-0.39, 0.29) is 5.56 Å². The predicted octanol–water partition coefficient (Wildman–Crippen LogP) is -1.38. The van der Waals surface area contributed by atoms with Crippen molar-refractivity contribution in [3.8, 4) is 0 Å². The molecular formula is C12H17NO4. The summed E-state index contributed by atoms with van der Waals surface area (Å²) in [6.45, 7) is 5.90. The molecular weight excluding hydrogens is 222 g/mol. The van der Waals surface area contributed by atoms with Crippen LogP contribution in [-0.4, -0.2) is 32.3 Å². The molecule has 0 aliphatic carbocycles. The number of quaternary nitrogens is 1. The number of aryl methyl sites for hydroxylation is 1. The van der Waals surface area contributed by atoms with E-state index >= 15 is 0 Å². The average molecular weight is 239 g/mol. The van der Waals surface area contributed by atoms with E-state index < -0.39 is 5.97 Å². The molecule has 0 radical (unpaired) electrons. The van der Waals surface area contributed by atoms with Crippen molar-refractivity contribution in [2.75, 3.05) is 26.3 Å². The lowest BCUT2D eigenvalue weighted by atomic mass is 10.1. The Morgan fingerprint density at radius 3 is 2.76 bits per heavy atom. The van der Waals surface area contributed by atoms with Crippen molar-refractivity contribution in [1.29, 1.82) is 0 Å². The Labute approximate surface area is 100.0 Å². The molecule has 0 atom stereocenters. The van der Waals surface area contributed by atoms with Crippen LogP contribution in [0, 0.1) is 0 Å². The number of aromatic carboxylic acids is 1. The van der Waals surface area contributed by atoms with E-state index in [0.29, 0.717) is 13.0 Å². The van der Waals surface area contributed by atoms with Crippen molar-refractivity contribution in [3.63, 3.8) is 0 Å². The molecule has 1 aromatic rings. The fourth-order valence-corrected chi connectivity index (χ4v) is 2.17. The van der Waals surface area contributed by atoms with Crippen molar-refractivity contribution in [1.82, 2.24) is 0 Å². The van der Waals surface area contributed by atoms with E-state index in [1.165, 1.54) is 11.2 Å². The molecule has 1 aromatic heterocycles. The fraction of sp³-hybridized carbons (Fsp3) is 0.583. The molecule has 5 nitrogen and oxygen atoms in total. The first kappa shape index (κ1) is 12.1. The van der Waals surface area contributed by atoms with Gasteiger partial charge in [0.15, 0.2) is 0 Å². The number of nitrogens with one attached hydrogen (secondary N) is 1. The Morgan fingerprint density at radius 2 is 2.18 bits per heavy atom. The van der Waals surface area contributed by atoms with Crippen LogP contribution < -0.4 is 10.0 Å². The summed E-state index contributed by atoms with van der Waals surface area (Å²) in [7, 11) is 0. The summed E-state index contributed by atoms with van der Waals surface area (Å²) in [6, 6.07) is 0. The highest BCUT2D eigenvalue weighted by atomic mass is 16.5. The molecule has 0 amide bonds. The molecule has 2 heterocycles. The lowest BCUT2D eigenvalue weighted by Crippen LogP contribution is -3.12. The molecule has 0 aromatic carbocycles. The minimum absolute atomic E-state index is 0.195. The first-order valence-corrected chi connectivity index (χ1v) is 5.94. The molecule has 5 heteroatoms. The van der Waals surface area contributed by atoms with Gasteiger partial charge in [0.2, 0.25) is 0 Å². The Balaban J connectivity index is 2.16. The van der Waals surface area contributed by atoms with Crippen LogP contribution in [0.1, 0.15) is 28.6 Å². The van der Waals surface area contributed by atoms with E-state index in [0.717, 1.165) is 37.6 Å². The summed E-state index contributed by atoms with van der Waals surface area (Å²) in [5.74, 6) is -0.403. The molecule has 17 heavy (non-hydrogen) atoms. The van der Waals surface area contributed by atoms with Crippen molar-refractivity contribution >= 4 is 5.97 Å². The fourth-order valence-electron chi connectivity index (χ4n) is 2.17. The number of hydrogen-bond donors (Lipinski definition) is 1. The quantitative estimate of drug-likeness (QED) is 0.703. The zero-order chi connectivity index (χ0) is 12.3. The number of carbonyl (C=O) groups excluding carboxylic acids is 1. The van der Waals surface area contributed by atoms with Crippen molar-refractivity contribution < 1.29 is 24.0 Å². The molecule has 1 fully saturated rings. The maximum Gasteiger partial charge on any atom is 0.113 e. The van der Waals surface area contributed by atoms with Gasteiger partial charge in [0.25, 0.3) is 0 Å². The average Bonchev–Trinajstić information content (AvgIpc) is 2.73. The minimum atomic E-state index is -1.16. The highest BCUT2D eigenvalue weighted by molar-refractivity contribution is 5.87. The Bertz CT molecular complexity index is 393. The van der Waals surface area contributed by atoms with Gasteiger partial charge in [-0.15, -0.1) is 0 Å². The molecule has 0 unspecified atom stereocenters. The Kier molecular flexibility index (Phi) is 3.81. The second-order valence-corrected chi connectivity index (χ2v) is 4.23. The molecule has 2 rings (SSSR count). The Morgan fingerprint density at radius 1 is 1.47 bits per heavy atom. The van der Waals surface area contributed by atoms with Gasteiger partial charge >= 0.3 is 0 Å². The standard InChI is InChI=1S/C12H17NO4/c1-2-11-9(10(8-17-11)12(14)15)7-13-3-5-16-6-4-13/h8H,2-7H2,1H3,(H,14,15). The van der Waals surface area contributed by atoms with Crippen LogP contribution in [0.25, 0.3) is 0 Å². The molecule has 1 N–H and O–H groups in total. The van der Waals surface area contributed by atoms with Gasteiger partial charge in [0.05, 0.1) is 24.7 Å². The summed E-state index contributed by atoms with van der Waals surface area (Å²) in [4.78, 5) is 12.3. The summed E-state index contributed by atoms with van der Waals surface area (Å²) >= 11 is 0. The van der Waals surface area contributed by atoms with Crippen LogP contribution >= 0.6 is 0 Å². The summed E-state index contributed by atoms with van der Waals surface area (Å²) < 4.78 is 10.6. The molecule has 0 spiro atoms. The van der Waals surface area contributed by atoms with Crippen LogP contribution in [0.4, 0.5) is 0 Å². The number of carboxylic acid groups (broad SMARTS) is 1. The molecule has 1 aliphatic rings. The maximum absolute atomic E-state index is 11.0. The molecule has 1 aliphatic heterocycles. The molecule has 0 saturated carbocycles. The number of ether oxygens (including phenoxy) is 1. The van der Waals surface area contributed by atoms with Crippen molar-refractivity contribution in [2.45, 2.75) is 19.9 Å². The monoisotopic (exact) mass is 239 g/mol. The van der Waals surface area contributed by atoms with E-state index in [1.54, 1.807) is 0 Å². The van der Waals surface area contributed by atoms with Gasteiger partial charge in [0, 0.05) is 12.0 Å². The second-order valence-electron chi connectivity index (χ2n) is 4.23. The number of morpholine rings is 1. The van der Waals surface area contributed by atoms with Crippen LogP contribution in [0.3, 0.4) is 0 Å². The smallest absolute Gasteiger partial charge is 0.113 e. The van der Waals surface area contributed by atoms with Gasteiger partial charge in [-0.1, -0.05) is 6.92 Å². The van der Waals surface area contributed by atoms with Crippen LogP contribution in [0.5, 0.6) is 0 Å². The first-order valence-electron chi connectivity index (χ1n) is 5.94. The van der Waals surface area contributed by atoms with Crippen molar-refractivity contribution in [2.24, 2.45) is 0 Å². The van der Waals surface area contributed by atoms with Gasteiger partial charge in [-0.3, -0.25) is 0 Å². The summed E-state index contributed by atoms with van der Waals surface area (Å²) in [5, 5.41) is 11.0. The number of carbonyl (C=O) groups is 1. The van der Waals surface area contributed by atoms with Gasteiger partial charge < -0.3 is 24.0 Å². The predicted molar refractivity (Wildman–Crippen MR) is 57.6 cm³/mol. The maximum atomic E-state index is 11.0. The highest BCUT2D eigenvalue weighted by Gasteiger charge is 2.21. The molecule has 94 valence electrons. The number of carboxylic acids is 1. The minimum Gasteiger partial charge on any atom is -0.545 e. The summed E-state index contributed by atoms with van der Waals surface area (Å²) in [5.41, 5.74) is 0.977. The van der Waals surface area contributed by atoms with E-state index in [1.807, 2.05) is 6.92 Å². The normalized spacial score (nSPS) is 17.2. The van der Waals surface area contributed by atoms with E-state index in [9.17, 15) is 9.90 Å². The van der Waals surface area contributed by atoms with Gasteiger partial charge in [-0.05, 0) is 0 Å². The number of rotatable bonds is 4. The lowest BCUT2D eigenvalue weighted by molar-refractivity contribution is -0.921. The van der Waals surface area contributed by atoms with E-state index in [2.05, 4.69) is 0 Å².